The summed E-state index contributed by atoms with van der Waals surface area (Å²) in [4.78, 5) is 43.4. The van der Waals surface area contributed by atoms with Crippen LogP contribution in [0.3, 0.4) is 0 Å². The number of sulfone groups is 1. The van der Waals surface area contributed by atoms with Crippen LogP contribution in [0.2, 0.25) is 5.02 Å². The van der Waals surface area contributed by atoms with E-state index >= 15 is 8.78 Å². The number of rotatable bonds is 12. The van der Waals surface area contributed by atoms with Gasteiger partial charge in [0.1, 0.15) is 40.9 Å². The number of alkyl halides is 8. The Morgan fingerprint density at radius 1 is 1.03 bits per heavy atom. The third-order valence-corrected chi connectivity index (χ3v) is 14.4. The van der Waals surface area contributed by atoms with E-state index in [1.165, 1.54) is 13.8 Å². The van der Waals surface area contributed by atoms with Gasteiger partial charge in [0.05, 0.1) is 52.9 Å². The molecule has 5 aromatic rings. The van der Waals surface area contributed by atoms with Gasteiger partial charge in [-0.3, -0.25) is 27.5 Å². The molecule has 0 saturated heterocycles. The van der Waals surface area contributed by atoms with Crippen molar-refractivity contribution in [3.05, 3.63) is 98.7 Å². The normalized spacial score (nSPS) is 17.3. The van der Waals surface area contributed by atoms with Crippen LogP contribution in [0.15, 0.2) is 42.5 Å². The van der Waals surface area contributed by atoms with Crippen LogP contribution in [0.4, 0.5) is 43.9 Å². The summed E-state index contributed by atoms with van der Waals surface area (Å²) in [5, 5.41) is 8.85. The summed E-state index contributed by atoms with van der Waals surface area (Å²) >= 11 is 2.97. The molecule has 374 valence electrons. The highest BCUT2D eigenvalue weighted by Gasteiger charge is 2.68. The van der Waals surface area contributed by atoms with E-state index in [-0.39, 0.29) is 37.8 Å². The zero-order chi connectivity index (χ0) is 51.8. The lowest BCUT2D eigenvalue weighted by atomic mass is 9.93. The zero-order valence-electron chi connectivity index (χ0n) is 36.2. The van der Waals surface area contributed by atoms with Gasteiger partial charge in [0.2, 0.25) is 5.91 Å². The molecule has 2 aliphatic rings. The van der Waals surface area contributed by atoms with E-state index in [2.05, 4.69) is 37.1 Å². The monoisotopic (exact) mass is 1050 g/mol. The fourth-order valence-electron chi connectivity index (χ4n) is 7.98. The second kappa shape index (κ2) is 18.2. The number of nitrogens with zero attached hydrogens (tertiary/aromatic N) is 6. The van der Waals surface area contributed by atoms with Crippen LogP contribution in [-0.4, -0.2) is 88.1 Å². The Bertz CT molecular complexity index is 3180. The molecule has 2 unspecified atom stereocenters. The van der Waals surface area contributed by atoms with E-state index in [1.54, 1.807) is 0 Å². The van der Waals surface area contributed by atoms with Crippen molar-refractivity contribution in [3.8, 4) is 23.0 Å². The van der Waals surface area contributed by atoms with Crippen LogP contribution >= 0.6 is 11.6 Å². The highest BCUT2D eigenvalue weighted by atomic mass is 35.5. The highest BCUT2D eigenvalue weighted by molar-refractivity contribution is 7.92. The second-order valence-electron chi connectivity index (χ2n) is 16.7. The van der Waals surface area contributed by atoms with E-state index in [9.17, 15) is 66.7 Å². The molecule has 7 rings (SSSR count). The number of carbonyl (C=O) groups excluding carboxylic acids is 3. The number of nitrogens with one attached hydrogen (secondary N) is 1. The molecule has 0 radical (unpaired) electrons. The Balaban J connectivity index is 1.46. The van der Waals surface area contributed by atoms with Crippen LogP contribution in [0, 0.1) is 29.4 Å². The van der Waals surface area contributed by atoms with Gasteiger partial charge in [-0.05, 0) is 74.4 Å². The lowest BCUT2D eigenvalue weighted by Crippen LogP contribution is -2.38. The first-order chi connectivity index (χ1) is 32.3. The second-order valence-corrected chi connectivity index (χ2v) is 20.5. The van der Waals surface area contributed by atoms with Crippen LogP contribution in [0.1, 0.15) is 71.8 Å². The summed E-state index contributed by atoms with van der Waals surface area (Å²) < 4.78 is 199. The molecular weight excluding hydrogens is 1020 g/mol. The number of hydrogen-bond acceptors (Lipinski definition) is 11. The number of benzene rings is 2. The number of esters is 1. The number of halogens is 11. The predicted molar refractivity (Wildman–Crippen MR) is 224 cm³/mol. The minimum absolute atomic E-state index is 0.123. The number of pyridine rings is 1. The van der Waals surface area contributed by atoms with Gasteiger partial charge in [0, 0.05) is 40.3 Å². The van der Waals surface area contributed by atoms with E-state index in [0.717, 1.165) is 49.8 Å². The number of amides is 2. The zero-order valence-corrected chi connectivity index (χ0v) is 38.6. The van der Waals surface area contributed by atoms with Crippen molar-refractivity contribution in [2.45, 2.75) is 81.3 Å². The molecule has 1 saturated carbocycles. The quantitative estimate of drug-likeness (QED) is 0.0465. The van der Waals surface area contributed by atoms with E-state index in [4.69, 9.17) is 11.6 Å². The minimum atomic E-state index is -5.22. The fourth-order valence-corrected chi connectivity index (χ4v) is 8.91. The van der Waals surface area contributed by atoms with E-state index in [1.807, 2.05) is 0 Å². The molecule has 4 atom stereocenters. The standard InChI is InChI=1S/C42H34ClF10N7O8S2/c1-39(2,70(4,66)67)10-9-22-5-6-23(24-7-8-27(43)32-29(56-59(34(24)32)18-40(46,47)48)16-60(69(64)65)37(62)38(63)68-3)33(54-22)28(13-19-11-20(44)14-21(45)12-19)55-30(61)17-58-36-31(35(57-58)42(51,52)53)25-15-26(25)41(36,49)50/h5-8,11-12,14,25-26,28H,13,15-18H2,1-4H3,(H,55,61)(H,64,65)/p-1/t25-,26+,28?/m0/s1. The SMILES string of the molecule is COC(=O)C(=O)N(Cc1nn(CC(F)(F)F)c2c(-c3ccc(C#CC(C)(C)S(C)(=O)=O)nc3C(Cc3cc(F)cc(F)c3)NC(=O)Cn3nc(C(F)(F)F)c4c3C(F)(F)[C@@H]3C[C@H]43)ccc(Cl)c12)S(=O)[O-]. The van der Waals surface area contributed by atoms with Crippen LogP contribution < -0.4 is 5.32 Å². The molecule has 2 aliphatic carbocycles. The van der Waals surface area contributed by atoms with Gasteiger partial charge < -0.3 is 14.6 Å². The molecule has 2 aromatic carbocycles. The number of methoxy groups -OCH3 is 1. The van der Waals surface area contributed by atoms with Gasteiger partial charge >= 0.3 is 24.2 Å². The summed E-state index contributed by atoms with van der Waals surface area (Å²) in [6, 6.07) is 4.80. The average molecular weight is 1050 g/mol. The van der Waals surface area contributed by atoms with Gasteiger partial charge in [-0.2, -0.15) is 45.3 Å². The van der Waals surface area contributed by atoms with E-state index < -0.39 is 162 Å². The smallest absolute Gasteiger partial charge is 0.435 e. The highest BCUT2D eigenvalue weighted by Crippen LogP contribution is 2.68. The maximum absolute atomic E-state index is 15.5. The van der Waals surface area contributed by atoms with Crippen LogP contribution in [0.25, 0.3) is 22.0 Å². The Hall–Kier alpha value is -6.11. The third-order valence-electron chi connectivity index (χ3n) is 11.5. The first-order valence-electron chi connectivity index (χ1n) is 20.1. The molecule has 1 fully saturated rings. The lowest BCUT2D eigenvalue weighted by Gasteiger charge is -2.23. The molecule has 70 heavy (non-hydrogen) atoms. The topological polar surface area (TPSA) is 199 Å². The molecule has 3 aromatic heterocycles. The van der Waals surface area contributed by atoms with Crippen LogP contribution in [0.5, 0.6) is 0 Å². The van der Waals surface area contributed by atoms with Gasteiger partial charge in [-0.1, -0.05) is 23.6 Å². The number of aromatic nitrogens is 5. The molecule has 28 heteroatoms. The van der Waals surface area contributed by atoms with Crippen molar-refractivity contribution in [3.63, 3.8) is 0 Å². The number of ether oxygens (including phenoxy) is 1. The summed E-state index contributed by atoms with van der Waals surface area (Å²) in [6.45, 7) is -1.98. The minimum Gasteiger partial charge on any atom is -0.755 e. The van der Waals surface area contributed by atoms with Crippen molar-refractivity contribution in [2.24, 2.45) is 5.92 Å². The Morgan fingerprint density at radius 3 is 2.26 bits per heavy atom. The maximum atomic E-state index is 15.5. The van der Waals surface area contributed by atoms with Gasteiger partial charge in [-0.25, -0.2) is 27.0 Å². The van der Waals surface area contributed by atoms with Crippen molar-refractivity contribution in [2.75, 3.05) is 13.4 Å². The first-order valence-corrected chi connectivity index (χ1v) is 23.4. The largest absolute Gasteiger partial charge is 0.755 e. The predicted octanol–water partition coefficient (Wildman–Crippen LogP) is 6.59. The molecule has 3 heterocycles. The summed E-state index contributed by atoms with van der Waals surface area (Å²) in [6.07, 6.45) is -10.4. The van der Waals surface area contributed by atoms with Gasteiger partial charge in [-0.15, -0.1) is 0 Å². The number of fused-ring (bicyclic) bond motifs is 4. The molecule has 15 nitrogen and oxygen atoms in total. The molecule has 2 amide bonds. The molecule has 0 aliphatic heterocycles. The Morgan fingerprint density at radius 2 is 1.67 bits per heavy atom. The number of carbonyl (C=O) groups is 3. The van der Waals surface area contributed by atoms with Gasteiger partial charge in [0.15, 0.2) is 15.5 Å². The molecule has 0 spiro atoms. The molecule has 0 bridgehead atoms. The van der Waals surface area contributed by atoms with Crippen molar-refractivity contribution < 1.29 is 80.2 Å². The van der Waals surface area contributed by atoms with Gasteiger partial charge in [0.25, 0.3) is 5.92 Å². The lowest BCUT2D eigenvalue weighted by molar-refractivity contribution is -0.155. The van der Waals surface area contributed by atoms with Crippen molar-refractivity contribution in [1.82, 2.24) is 34.2 Å². The summed E-state index contributed by atoms with van der Waals surface area (Å²) in [7, 11) is -3.16. The molecular formula is C42H33ClF10N7O8S2-. The van der Waals surface area contributed by atoms with E-state index in [0.29, 0.717) is 10.7 Å². The Kier molecular flexibility index (Phi) is 13.5. The van der Waals surface area contributed by atoms with Crippen LogP contribution in [-0.2, 0) is 78.4 Å². The summed E-state index contributed by atoms with van der Waals surface area (Å²) in [5.74, 6) is -8.57. The Labute approximate surface area is 396 Å². The van der Waals surface area contributed by atoms with Crippen molar-refractivity contribution in [1.29, 1.82) is 0 Å². The number of hydrogen-bond donors (Lipinski definition) is 1. The maximum Gasteiger partial charge on any atom is 0.435 e. The average Bonchev–Trinajstić information content (AvgIpc) is 3.75. The summed E-state index contributed by atoms with van der Waals surface area (Å²) in [5.41, 5.74) is -6.38. The first kappa shape index (κ1) is 51.7. The molecule has 1 N–H and O–H groups in total. The van der Waals surface area contributed by atoms with Crippen molar-refractivity contribution >= 4 is 61.4 Å². The third kappa shape index (κ3) is 10.2. The fraction of sp³-hybridized carbons (Fsp3) is 0.381.